The van der Waals surface area contributed by atoms with Crippen LogP contribution in [-0.2, 0) is 9.47 Å². The van der Waals surface area contributed by atoms with Gasteiger partial charge in [0.15, 0.2) is 5.69 Å². The summed E-state index contributed by atoms with van der Waals surface area (Å²) in [4.78, 5) is 15.9. The Bertz CT molecular complexity index is 494. The van der Waals surface area contributed by atoms with E-state index in [1.165, 1.54) is 0 Å². The fourth-order valence-electron chi connectivity index (χ4n) is 3.00. The van der Waals surface area contributed by atoms with E-state index in [-0.39, 0.29) is 17.3 Å². The number of anilines is 1. The number of rotatable bonds is 5. The first kappa shape index (κ1) is 15.8. The summed E-state index contributed by atoms with van der Waals surface area (Å²) >= 11 is 0. The fourth-order valence-corrected chi connectivity index (χ4v) is 3.00. The van der Waals surface area contributed by atoms with Crippen molar-refractivity contribution in [2.45, 2.75) is 58.1 Å². The van der Waals surface area contributed by atoms with E-state index in [4.69, 9.17) is 15.2 Å². The van der Waals surface area contributed by atoms with Crippen LogP contribution in [0, 0.1) is 0 Å². The first-order chi connectivity index (χ1) is 10.1. The van der Waals surface area contributed by atoms with Crippen molar-refractivity contribution in [1.29, 1.82) is 0 Å². The number of nitrogen functional groups attached to an aromatic ring is 1. The molecular formula is C15H25N3O3. The maximum absolute atomic E-state index is 11.8. The van der Waals surface area contributed by atoms with Crippen molar-refractivity contribution in [2.24, 2.45) is 0 Å². The maximum Gasteiger partial charge on any atom is 0.360 e. The largest absolute Gasteiger partial charge is 0.461 e. The zero-order valence-corrected chi connectivity index (χ0v) is 13.1. The molecule has 0 aromatic carbocycles. The topological polar surface area (TPSA) is 79.4 Å². The van der Waals surface area contributed by atoms with E-state index < -0.39 is 5.97 Å². The second kappa shape index (κ2) is 6.47. The Labute approximate surface area is 125 Å². The van der Waals surface area contributed by atoms with Gasteiger partial charge in [0.1, 0.15) is 5.82 Å². The number of carbonyl (C=O) groups excluding carboxylic acids is 1. The summed E-state index contributed by atoms with van der Waals surface area (Å²) in [5.41, 5.74) is 6.21. The Kier molecular flexibility index (Phi) is 4.88. The molecule has 1 aliphatic rings. The number of aromatic nitrogens is 2. The van der Waals surface area contributed by atoms with Crippen molar-refractivity contribution in [1.82, 2.24) is 9.55 Å². The molecule has 0 saturated carbocycles. The van der Waals surface area contributed by atoms with Gasteiger partial charge in [-0.15, -0.1) is 0 Å². The lowest BCUT2D eigenvalue weighted by molar-refractivity contribution is -0.0984. The third kappa shape index (κ3) is 3.05. The smallest absolute Gasteiger partial charge is 0.360 e. The highest BCUT2D eigenvalue weighted by atomic mass is 16.5. The molecule has 21 heavy (non-hydrogen) atoms. The molecule has 1 aromatic heterocycles. The van der Waals surface area contributed by atoms with E-state index >= 15 is 0 Å². The average Bonchev–Trinajstić information content (AvgIpc) is 2.89. The van der Waals surface area contributed by atoms with Gasteiger partial charge >= 0.3 is 5.97 Å². The molecule has 1 saturated heterocycles. The zero-order chi connectivity index (χ0) is 15.5. The Morgan fingerprint density at radius 3 is 2.86 bits per heavy atom. The highest BCUT2D eigenvalue weighted by molar-refractivity contribution is 5.92. The summed E-state index contributed by atoms with van der Waals surface area (Å²) < 4.78 is 12.9. The molecule has 1 unspecified atom stereocenters. The third-order valence-electron chi connectivity index (χ3n) is 4.45. The molecule has 0 aliphatic carbocycles. The van der Waals surface area contributed by atoms with Crippen LogP contribution in [0.15, 0.2) is 6.33 Å². The monoisotopic (exact) mass is 295 g/mol. The number of imidazole rings is 1. The van der Waals surface area contributed by atoms with Gasteiger partial charge in [-0.2, -0.15) is 0 Å². The quantitative estimate of drug-likeness (QED) is 0.844. The summed E-state index contributed by atoms with van der Waals surface area (Å²) in [6, 6.07) is 0.217. The van der Waals surface area contributed by atoms with Crippen molar-refractivity contribution >= 4 is 11.8 Å². The fraction of sp³-hybridized carbons (Fsp3) is 0.733. The van der Waals surface area contributed by atoms with E-state index in [0.29, 0.717) is 19.0 Å². The molecule has 2 N–H and O–H groups in total. The Morgan fingerprint density at radius 2 is 2.24 bits per heavy atom. The van der Waals surface area contributed by atoms with Crippen molar-refractivity contribution in [2.75, 3.05) is 18.9 Å². The van der Waals surface area contributed by atoms with Gasteiger partial charge in [0, 0.05) is 12.6 Å². The molecule has 0 radical (unpaired) electrons. The lowest BCUT2D eigenvalue weighted by Crippen LogP contribution is -2.39. The Balaban J connectivity index is 2.20. The van der Waals surface area contributed by atoms with Crippen LogP contribution in [0.5, 0.6) is 0 Å². The van der Waals surface area contributed by atoms with Crippen molar-refractivity contribution in [3.8, 4) is 0 Å². The standard InChI is InChI=1S/C15H25N3O3/c1-4-15(5-2)9-11(7-8-21-15)18-10-17-12(13(18)16)14(19)20-6-3/h10-11H,4-9,16H2,1-3H3. The molecule has 2 heterocycles. The highest BCUT2D eigenvalue weighted by Gasteiger charge is 2.36. The number of nitrogens with two attached hydrogens (primary N) is 1. The van der Waals surface area contributed by atoms with E-state index in [9.17, 15) is 4.79 Å². The van der Waals surface area contributed by atoms with Crippen LogP contribution in [0.3, 0.4) is 0 Å². The van der Waals surface area contributed by atoms with Crippen LogP contribution in [0.4, 0.5) is 5.82 Å². The molecule has 1 aliphatic heterocycles. The number of hydrogen-bond donors (Lipinski definition) is 1. The number of carbonyl (C=O) groups is 1. The van der Waals surface area contributed by atoms with Gasteiger partial charge in [-0.25, -0.2) is 9.78 Å². The first-order valence-electron chi connectivity index (χ1n) is 7.70. The second-order valence-electron chi connectivity index (χ2n) is 5.49. The van der Waals surface area contributed by atoms with Crippen LogP contribution >= 0.6 is 0 Å². The van der Waals surface area contributed by atoms with Gasteiger partial charge in [0.05, 0.1) is 18.5 Å². The molecule has 0 spiro atoms. The molecule has 6 nitrogen and oxygen atoms in total. The van der Waals surface area contributed by atoms with Crippen molar-refractivity contribution in [3.63, 3.8) is 0 Å². The number of hydrogen-bond acceptors (Lipinski definition) is 5. The van der Waals surface area contributed by atoms with Crippen LogP contribution < -0.4 is 5.73 Å². The van der Waals surface area contributed by atoms with Gasteiger partial charge in [-0.05, 0) is 32.6 Å². The summed E-state index contributed by atoms with van der Waals surface area (Å²) in [7, 11) is 0. The summed E-state index contributed by atoms with van der Waals surface area (Å²) in [6.45, 7) is 7.08. The van der Waals surface area contributed by atoms with Crippen LogP contribution in [0.1, 0.15) is 63.0 Å². The molecule has 0 bridgehead atoms. The van der Waals surface area contributed by atoms with Gasteiger partial charge in [0.2, 0.25) is 0 Å². The van der Waals surface area contributed by atoms with Gasteiger partial charge < -0.3 is 19.8 Å². The lowest BCUT2D eigenvalue weighted by atomic mass is 9.86. The predicted octanol–water partition coefficient (Wildman–Crippen LogP) is 2.55. The number of esters is 1. The number of ether oxygens (including phenoxy) is 2. The molecular weight excluding hydrogens is 270 g/mol. The molecule has 6 heteroatoms. The molecule has 0 amide bonds. The van der Waals surface area contributed by atoms with E-state index in [1.807, 2.05) is 4.57 Å². The lowest BCUT2D eigenvalue weighted by Gasteiger charge is -2.40. The minimum atomic E-state index is -0.460. The van der Waals surface area contributed by atoms with Crippen molar-refractivity contribution in [3.05, 3.63) is 12.0 Å². The second-order valence-corrected chi connectivity index (χ2v) is 5.49. The van der Waals surface area contributed by atoms with Crippen LogP contribution in [0.25, 0.3) is 0 Å². The first-order valence-corrected chi connectivity index (χ1v) is 7.70. The SMILES string of the molecule is CCOC(=O)c1ncn(C2CCOC(CC)(CC)C2)c1N. The highest BCUT2D eigenvalue weighted by Crippen LogP contribution is 2.38. The molecule has 2 rings (SSSR count). The van der Waals surface area contributed by atoms with E-state index in [0.717, 1.165) is 25.7 Å². The zero-order valence-electron chi connectivity index (χ0n) is 13.1. The minimum Gasteiger partial charge on any atom is -0.461 e. The molecule has 1 aromatic rings. The minimum absolute atomic E-state index is 0.0935. The maximum atomic E-state index is 11.8. The molecule has 1 fully saturated rings. The number of nitrogens with zero attached hydrogens (tertiary/aromatic N) is 2. The predicted molar refractivity (Wildman–Crippen MR) is 80.1 cm³/mol. The van der Waals surface area contributed by atoms with E-state index in [2.05, 4.69) is 18.8 Å². The van der Waals surface area contributed by atoms with Crippen molar-refractivity contribution < 1.29 is 14.3 Å². The molecule has 1 atom stereocenters. The summed E-state index contributed by atoms with van der Waals surface area (Å²) in [5, 5.41) is 0. The third-order valence-corrected chi connectivity index (χ3v) is 4.45. The van der Waals surface area contributed by atoms with Gasteiger partial charge in [-0.1, -0.05) is 13.8 Å². The van der Waals surface area contributed by atoms with Gasteiger partial charge in [0.25, 0.3) is 0 Å². The van der Waals surface area contributed by atoms with Gasteiger partial charge in [-0.3, -0.25) is 0 Å². The normalized spacial score (nSPS) is 21.2. The Morgan fingerprint density at radius 1 is 1.52 bits per heavy atom. The average molecular weight is 295 g/mol. The van der Waals surface area contributed by atoms with Crippen LogP contribution in [-0.4, -0.2) is 34.3 Å². The summed E-state index contributed by atoms with van der Waals surface area (Å²) in [5.74, 6) is -0.0699. The summed E-state index contributed by atoms with van der Waals surface area (Å²) in [6.07, 6.45) is 5.36. The molecule has 118 valence electrons. The van der Waals surface area contributed by atoms with E-state index in [1.54, 1.807) is 13.3 Å². The Hall–Kier alpha value is -1.56. The van der Waals surface area contributed by atoms with Crippen LogP contribution in [0.2, 0.25) is 0 Å².